The third kappa shape index (κ3) is 4.87. The van der Waals surface area contributed by atoms with E-state index in [2.05, 4.69) is 10.1 Å². The minimum Gasteiger partial charge on any atom is -0.493 e. The fourth-order valence-corrected chi connectivity index (χ4v) is 3.09. The lowest BCUT2D eigenvalue weighted by molar-refractivity contribution is 0.341. The van der Waals surface area contributed by atoms with Crippen molar-refractivity contribution in [2.24, 2.45) is 0 Å². The molecule has 1 aromatic heterocycles. The fraction of sp³-hybridized carbons (Fsp3) is 0.176. The number of halogens is 2. The zero-order valence-electron chi connectivity index (χ0n) is 13.0. The van der Waals surface area contributed by atoms with Crippen molar-refractivity contribution in [1.29, 1.82) is 0 Å². The molecule has 0 spiro atoms. The minimum absolute atomic E-state index is 0.129. The first kappa shape index (κ1) is 17.6. The normalized spacial score (nSPS) is 12.1. The third-order valence-corrected chi connectivity index (χ3v) is 4.78. The van der Waals surface area contributed by atoms with Gasteiger partial charge in [0.15, 0.2) is 0 Å². The van der Waals surface area contributed by atoms with E-state index in [9.17, 15) is 8.60 Å². The summed E-state index contributed by atoms with van der Waals surface area (Å²) in [5, 5.41) is 4.38. The van der Waals surface area contributed by atoms with E-state index < -0.39 is 10.8 Å². The molecule has 0 N–H and O–H groups in total. The van der Waals surface area contributed by atoms with Crippen LogP contribution in [0.25, 0.3) is 11.4 Å². The second kappa shape index (κ2) is 8.22. The summed E-state index contributed by atoms with van der Waals surface area (Å²) >= 11 is 6.09. The third-order valence-electron chi connectivity index (χ3n) is 3.26. The summed E-state index contributed by atoms with van der Waals surface area (Å²) in [6.07, 6.45) is 0. The van der Waals surface area contributed by atoms with Crippen molar-refractivity contribution in [3.8, 4) is 17.1 Å². The largest absolute Gasteiger partial charge is 0.493 e. The zero-order chi connectivity index (χ0) is 17.6. The molecule has 0 fully saturated rings. The molecule has 0 amide bonds. The van der Waals surface area contributed by atoms with Gasteiger partial charge in [-0.05, 0) is 36.4 Å². The molecule has 8 heteroatoms. The lowest BCUT2D eigenvalue weighted by atomic mass is 10.2. The highest BCUT2D eigenvalue weighted by Gasteiger charge is 2.13. The molecule has 25 heavy (non-hydrogen) atoms. The topological polar surface area (TPSA) is 65.2 Å². The first-order valence-corrected chi connectivity index (χ1v) is 9.29. The number of nitrogens with zero attached hydrogens (tertiary/aromatic N) is 2. The van der Waals surface area contributed by atoms with E-state index in [4.69, 9.17) is 20.9 Å². The number of hydrogen-bond acceptors (Lipinski definition) is 5. The summed E-state index contributed by atoms with van der Waals surface area (Å²) in [5.74, 6) is 1.25. The Balaban J connectivity index is 1.52. The van der Waals surface area contributed by atoms with E-state index in [0.29, 0.717) is 27.9 Å². The Kier molecular flexibility index (Phi) is 5.78. The Morgan fingerprint density at radius 2 is 1.92 bits per heavy atom. The van der Waals surface area contributed by atoms with E-state index in [1.807, 2.05) is 12.1 Å². The van der Waals surface area contributed by atoms with E-state index >= 15 is 0 Å². The van der Waals surface area contributed by atoms with Crippen molar-refractivity contribution in [1.82, 2.24) is 10.1 Å². The Labute approximate surface area is 151 Å². The quantitative estimate of drug-likeness (QED) is 0.622. The number of benzene rings is 2. The average molecular weight is 381 g/mol. The van der Waals surface area contributed by atoms with E-state index in [-0.39, 0.29) is 24.1 Å². The van der Waals surface area contributed by atoms with Crippen LogP contribution < -0.4 is 4.74 Å². The summed E-state index contributed by atoms with van der Waals surface area (Å²) in [6, 6.07) is 12.8. The van der Waals surface area contributed by atoms with Gasteiger partial charge in [-0.3, -0.25) is 4.21 Å². The molecule has 0 radical (unpaired) electrons. The summed E-state index contributed by atoms with van der Waals surface area (Å²) in [7, 11) is -1.23. The molecule has 130 valence electrons. The van der Waals surface area contributed by atoms with Crippen molar-refractivity contribution in [2.75, 3.05) is 12.4 Å². The smallest absolute Gasteiger partial charge is 0.239 e. The minimum atomic E-state index is -1.23. The first-order valence-electron chi connectivity index (χ1n) is 7.42. The molecule has 5 nitrogen and oxygen atoms in total. The van der Waals surface area contributed by atoms with Gasteiger partial charge in [0, 0.05) is 16.4 Å². The maximum absolute atomic E-state index is 12.8. The van der Waals surface area contributed by atoms with Gasteiger partial charge < -0.3 is 9.26 Å². The first-order chi connectivity index (χ1) is 12.1. The van der Waals surface area contributed by atoms with Gasteiger partial charge >= 0.3 is 0 Å². The van der Waals surface area contributed by atoms with Crippen LogP contribution in [0.1, 0.15) is 5.89 Å². The molecular formula is C17H14ClFN2O3S. The van der Waals surface area contributed by atoms with Gasteiger partial charge in [0.05, 0.1) is 17.4 Å². The Hall–Kier alpha value is -2.25. The van der Waals surface area contributed by atoms with Crippen LogP contribution in [-0.4, -0.2) is 26.7 Å². The summed E-state index contributed by atoms with van der Waals surface area (Å²) in [4.78, 5) is 4.22. The van der Waals surface area contributed by atoms with Gasteiger partial charge in [-0.1, -0.05) is 28.9 Å². The molecule has 0 aliphatic rings. The molecule has 3 aromatic rings. The van der Waals surface area contributed by atoms with Gasteiger partial charge in [-0.15, -0.1) is 0 Å². The maximum Gasteiger partial charge on any atom is 0.239 e. The maximum atomic E-state index is 12.8. The van der Waals surface area contributed by atoms with E-state index in [0.717, 1.165) is 0 Å². The average Bonchev–Trinajstić information content (AvgIpc) is 3.05. The van der Waals surface area contributed by atoms with Crippen LogP contribution in [0.3, 0.4) is 0 Å². The molecule has 0 bridgehead atoms. The van der Waals surface area contributed by atoms with Gasteiger partial charge in [-0.25, -0.2) is 4.39 Å². The lowest BCUT2D eigenvalue weighted by Crippen LogP contribution is -2.10. The highest BCUT2D eigenvalue weighted by Crippen LogP contribution is 2.25. The predicted octanol–water partition coefficient (Wildman–Crippen LogP) is 3.86. The van der Waals surface area contributed by atoms with Crippen LogP contribution in [0.4, 0.5) is 4.39 Å². The SMILES string of the molecule is O=S(CCOc1ccc(F)cc1)Cc1nc(-c2ccccc2Cl)no1. The molecule has 3 rings (SSSR count). The molecule has 0 aliphatic carbocycles. The number of aromatic nitrogens is 2. The standard InChI is InChI=1S/C17H14ClFN2O3S/c18-15-4-2-1-3-14(15)17-20-16(24-21-17)11-25(22)10-9-23-13-7-5-12(19)6-8-13/h1-8H,9-11H2. The highest BCUT2D eigenvalue weighted by molar-refractivity contribution is 7.84. The second-order valence-corrected chi connectivity index (χ2v) is 7.07. The highest BCUT2D eigenvalue weighted by atomic mass is 35.5. The van der Waals surface area contributed by atoms with E-state index in [1.54, 1.807) is 12.1 Å². The van der Waals surface area contributed by atoms with Crippen LogP contribution in [-0.2, 0) is 16.6 Å². The van der Waals surface area contributed by atoms with Crippen molar-refractivity contribution in [3.63, 3.8) is 0 Å². The molecule has 0 saturated carbocycles. The Morgan fingerprint density at radius 3 is 2.68 bits per heavy atom. The Bertz CT molecular complexity index is 870. The van der Waals surface area contributed by atoms with Gasteiger partial charge in [-0.2, -0.15) is 4.98 Å². The van der Waals surface area contributed by atoms with Crippen molar-refractivity contribution >= 4 is 22.4 Å². The van der Waals surface area contributed by atoms with Crippen LogP contribution in [0.15, 0.2) is 53.1 Å². The monoisotopic (exact) mass is 380 g/mol. The molecule has 0 saturated heterocycles. The lowest BCUT2D eigenvalue weighted by Gasteiger charge is -2.05. The van der Waals surface area contributed by atoms with Crippen molar-refractivity contribution < 1.29 is 17.9 Å². The summed E-state index contributed by atoms with van der Waals surface area (Å²) in [6.45, 7) is 0.240. The van der Waals surface area contributed by atoms with Crippen molar-refractivity contribution in [3.05, 3.63) is 65.3 Å². The number of ether oxygens (including phenoxy) is 1. The fourth-order valence-electron chi connectivity index (χ4n) is 2.06. The molecule has 0 aliphatic heterocycles. The Morgan fingerprint density at radius 1 is 1.16 bits per heavy atom. The molecule has 1 atom stereocenters. The molecule has 2 aromatic carbocycles. The molecule has 1 unspecified atom stereocenters. The zero-order valence-corrected chi connectivity index (χ0v) is 14.6. The van der Waals surface area contributed by atoms with Gasteiger partial charge in [0.25, 0.3) is 0 Å². The van der Waals surface area contributed by atoms with Gasteiger partial charge in [0.2, 0.25) is 11.7 Å². The number of hydrogen-bond donors (Lipinski definition) is 0. The van der Waals surface area contributed by atoms with Crippen molar-refractivity contribution in [2.45, 2.75) is 5.75 Å². The van der Waals surface area contributed by atoms with E-state index in [1.165, 1.54) is 24.3 Å². The van der Waals surface area contributed by atoms with Gasteiger partial charge in [0.1, 0.15) is 17.3 Å². The van der Waals surface area contributed by atoms with Crippen LogP contribution in [0, 0.1) is 5.82 Å². The summed E-state index contributed by atoms with van der Waals surface area (Å²) < 4.78 is 35.4. The predicted molar refractivity (Wildman–Crippen MR) is 93.4 cm³/mol. The molecular weight excluding hydrogens is 367 g/mol. The number of rotatable bonds is 7. The summed E-state index contributed by atoms with van der Waals surface area (Å²) in [5.41, 5.74) is 0.657. The van der Waals surface area contributed by atoms with Crippen LogP contribution >= 0.6 is 11.6 Å². The molecule has 1 heterocycles. The second-order valence-electron chi connectivity index (χ2n) is 5.08. The van der Waals surface area contributed by atoms with Crippen LogP contribution in [0.2, 0.25) is 5.02 Å². The van der Waals surface area contributed by atoms with Crippen LogP contribution in [0.5, 0.6) is 5.75 Å².